The Bertz CT molecular complexity index is 1140. The minimum Gasteiger partial charge on any atom is -0.349 e. The van der Waals surface area contributed by atoms with Crippen molar-refractivity contribution in [1.82, 2.24) is 10.3 Å². The van der Waals surface area contributed by atoms with Crippen molar-refractivity contribution in [3.05, 3.63) is 82.8 Å². The second-order valence-electron chi connectivity index (χ2n) is 7.84. The van der Waals surface area contributed by atoms with Crippen molar-refractivity contribution < 1.29 is 14.0 Å². The molecule has 0 radical (unpaired) electrons. The summed E-state index contributed by atoms with van der Waals surface area (Å²) >= 11 is 0. The molecule has 158 valence electrons. The van der Waals surface area contributed by atoms with Crippen LogP contribution in [0.4, 0.5) is 10.1 Å². The van der Waals surface area contributed by atoms with E-state index in [0.717, 1.165) is 18.4 Å². The van der Waals surface area contributed by atoms with Crippen LogP contribution >= 0.6 is 0 Å². The Morgan fingerprint density at radius 3 is 2.52 bits per heavy atom. The predicted molar refractivity (Wildman–Crippen MR) is 119 cm³/mol. The van der Waals surface area contributed by atoms with Crippen LogP contribution in [-0.4, -0.2) is 22.8 Å². The third kappa shape index (κ3) is 4.79. The highest BCUT2D eigenvalue weighted by atomic mass is 19.1. The molecular formula is C25H24FN3O2. The minimum atomic E-state index is -0.427. The number of aryl methyl sites for hydroxylation is 1. The van der Waals surface area contributed by atoms with Gasteiger partial charge in [0.15, 0.2) is 0 Å². The minimum absolute atomic E-state index is 0.189. The van der Waals surface area contributed by atoms with Crippen LogP contribution in [0, 0.1) is 12.7 Å². The maximum Gasteiger partial charge on any atom is 0.257 e. The Balaban J connectivity index is 1.59. The van der Waals surface area contributed by atoms with Crippen LogP contribution in [-0.2, 0) is 6.42 Å². The van der Waals surface area contributed by atoms with Gasteiger partial charge in [-0.25, -0.2) is 4.39 Å². The largest absolute Gasteiger partial charge is 0.349 e. The summed E-state index contributed by atoms with van der Waals surface area (Å²) in [7, 11) is 0. The molecule has 4 rings (SSSR count). The fraction of sp³-hybridized carbons (Fsp3) is 0.240. The van der Waals surface area contributed by atoms with Crippen molar-refractivity contribution in [2.75, 3.05) is 5.32 Å². The van der Waals surface area contributed by atoms with Crippen molar-refractivity contribution in [3.63, 3.8) is 0 Å². The van der Waals surface area contributed by atoms with E-state index in [1.165, 1.54) is 12.3 Å². The first-order valence-corrected chi connectivity index (χ1v) is 10.4. The van der Waals surface area contributed by atoms with Gasteiger partial charge in [0.05, 0.1) is 11.3 Å². The second-order valence-corrected chi connectivity index (χ2v) is 7.84. The lowest BCUT2D eigenvalue weighted by Crippen LogP contribution is -2.25. The monoisotopic (exact) mass is 417 g/mol. The molecule has 5 nitrogen and oxygen atoms in total. The lowest BCUT2D eigenvalue weighted by molar-refractivity contribution is 0.0949. The summed E-state index contributed by atoms with van der Waals surface area (Å²) in [4.78, 5) is 29.4. The summed E-state index contributed by atoms with van der Waals surface area (Å²) in [5, 5.41) is 5.73. The fourth-order valence-corrected chi connectivity index (χ4v) is 3.47. The zero-order valence-electron chi connectivity index (χ0n) is 17.5. The van der Waals surface area contributed by atoms with Crippen molar-refractivity contribution in [3.8, 4) is 11.3 Å². The van der Waals surface area contributed by atoms with Gasteiger partial charge in [-0.15, -0.1) is 0 Å². The number of aromatic nitrogens is 1. The maximum absolute atomic E-state index is 14.7. The van der Waals surface area contributed by atoms with E-state index < -0.39 is 5.82 Å². The Morgan fingerprint density at radius 2 is 1.87 bits per heavy atom. The van der Waals surface area contributed by atoms with E-state index in [0.29, 0.717) is 34.5 Å². The highest BCUT2D eigenvalue weighted by Gasteiger charge is 2.25. The summed E-state index contributed by atoms with van der Waals surface area (Å²) in [5.41, 5.74) is 4.00. The number of anilines is 1. The molecular weight excluding hydrogens is 393 g/mol. The number of pyridine rings is 1. The van der Waals surface area contributed by atoms with Crippen LogP contribution in [0.25, 0.3) is 11.3 Å². The van der Waals surface area contributed by atoms with E-state index in [-0.39, 0.29) is 23.4 Å². The Kier molecular flexibility index (Phi) is 5.80. The third-order valence-corrected chi connectivity index (χ3v) is 5.30. The van der Waals surface area contributed by atoms with Gasteiger partial charge < -0.3 is 10.6 Å². The number of hydrogen-bond acceptors (Lipinski definition) is 3. The topological polar surface area (TPSA) is 71.1 Å². The van der Waals surface area contributed by atoms with E-state index in [2.05, 4.69) is 15.6 Å². The first kappa shape index (κ1) is 20.7. The molecule has 6 heteroatoms. The van der Waals surface area contributed by atoms with Crippen molar-refractivity contribution >= 4 is 17.5 Å². The van der Waals surface area contributed by atoms with Crippen LogP contribution in [0.15, 0.2) is 54.7 Å². The smallest absolute Gasteiger partial charge is 0.257 e. The summed E-state index contributed by atoms with van der Waals surface area (Å²) in [6.45, 7) is 3.81. The Morgan fingerprint density at radius 1 is 1.06 bits per heavy atom. The van der Waals surface area contributed by atoms with Crippen LogP contribution in [0.3, 0.4) is 0 Å². The highest BCUT2D eigenvalue weighted by Crippen LogP contribution is 2.28. The molecule has 31 heavy (non-hydrogen) atoms. The molecule has 1 aromatic heterocycles. The maximum atomic E-state index is 14.7. The van der Waals surface area contributed by atoms with E-state index in [4.69, 9.17) is 0 Å². The number of hydrogen-bond donors (Lipinski definition) is 2. The number of carbonyl (C=O) groups is 2. The van der Waals surface area contributed by atoms with Gasteiger partial charge >= 0.3 is 0 Å². The molecule has 0 spiro atoms. The van der Waals surface area contributed by atoms with Gasteiger partial charge in [0.1, 0.15) is 5.82 Å². The van der Waals surface area contributed by atoms with Gasteiger partial charge in [-0.2, -0.15) is 0 Å². The van der Waals surface area contributed by atoms with Crippen LogP contribution < -0.4 is 10.6 Å². The number of nitrogens with one attached hydrogen (secondary N) is 2. The molecule has 3 aromatic rings. The van der Waals surface area contributed by atoms with Crippen LogP contribution in [0.5, 0.6) is 0 Å². The van der Waals surface area contributed by atoms with Crippen LogP contribution in [0.1, 0.15) is 51.6 Å². The van der Waals surface area contributed by atoms with Crippen LogP contribution in [0.2, 0.25) is 0 Å². The van der Waals surface area contributed by atoms with Gasteiger partial charge in [-0.05, 0) is 73.7 Å². The SMILES string of the molecule is CCc1c(F)cc(C(=O)NC2CC2)cc1-c1ccc(C(=O)Nc2cccc(C)c2)cn1. The molecule has 2 amide bonds. The predicted octanol–water partition coefficient (Wildman–Crippen LogP) is 4.90. The lowest BCUT2D eigenvalue weighted by atomic mass is 9.97. The van der Waals surface area contributed by atoms with Gasteiger partial charge in [0.25, 0.3) is 11.8 Å². The third-order valence-electron chi connectivity index (χ3n) is 5.30. The second kappa shape index (κ2) is 8.68. The Hall–Kier alpha value is -3.54. The van der Waals surface area contributed by atoms with E-state index in [1.54, 1.807) is 18.2 Å². The molecule has 1 fully saturated rings. The normalized spacial score (nSPS) is 13.0. The van der Waals surface area contributed by atoms with E-state index >= 15 is 0 Å². The number of carbonyl (C=O) groups excluding carboxylic acids is 2. The van der Waals surface area contributed by atoms with Gasteiger partial charge in [-0.1, -0.05) is 19.1 Å². The lowest BCUT2D eigenvalue weighted by Gasteiger charge is -2.13. The molecule has 1 saturated carbocycles. The van der Waals surface area contributed by atoms with Crippen molar-refractivity contribution in [2.45, 2.75) is 39.2 Å². The van der Waals surface area contributed by atoms with Gasteiger partial charge in [0.2, 0.25) is 0 Å². The summed E-state index contributed by atoms with van der Waals surface area (Å²) in [6, 6.07) is 14.0. The molecule has 0 atom stereocenters. The molecule has 0 saturated heterocycles. The van der Waals surface area contributed by atoms with Crippen molar-refractivity contribution in [1.29, 1.82) is 0 Å². The quantitative estimate of drug-likeness (QED) is 0.599. The molecule has 1 aliphatic carbocycles. The van der Waals surface area contributed by atoms with Crippen molar-refractivity contribution in [2.24, 2.45) is 0 Å². The molecule has 0 aliphatic heterocycles. The number of amides is 2. The van der Waals surface area contributed by atoms with E-state index in [1.807, 2.05) is 38.1 Å². The summed E-state index contributed by atoms with van der Waals surface area (Å²) < 4.78 is 14.7. The first-order valence-electron chi connectivity index (χ1n) is 10.4. The standard InChI is InChI=1S/C25H24FN3O2/c1-3-20-21(12-17(13-22(20)26)25(31)28-18-8-9-18)23-10-7-16(14-27-23)24(30)29-19-6-4-5-15(2)11-19/h4-7,10-14,18H,3,8-9H2,1-2H3,(H,28,31)(H,29,30). The molecule has 1 heterocycles. The Labute approximate surface area is 180 Å². The number of rotatable bonds is 6. The average molecular weight is 417 g/mol. The number of halogens is 1. The zero-order chi connectivity index (χ0) is 22.0. The number of nitrogens with zero attached hydrogens (tertiary/aromatic N) is 1. The zero-order valence-corrected chi connectivity index (χ0v) is 17.5. The summed E-state index contributed by atoms with van der Waals surface area (Å²) in [6.07, 6.45) is 3.85. The fourth-order valence-electron chi connectivity index (χ4n) is 3.47. The molecule has 0 bridgehead atoms. The molecule has 0 unspecified atom stereocenters. The van der Waals surface area contributed by atoms with Gasteiger partial charge in [-0.3, -0.25) is 14.6 Å². The molecule has 2 aromatic carbocycles. The molecule has 1 aliphatic rings. The first-order chi connectivity index (χ1) is 14.9. The molecule has 2 N–H and O–H groups in total. The van der Waals surface area contributed by atoms with Gasteiger partial charge in [0, 0.05) is 29.1 Å². The highest BCUT2D eigenvalue weighted by molar-refractivity contribution is 6.04. The average Bonchev–Trinajstić information content (AvgIpc) is 3.57. The number of benzene rings is 2. The summed E-state index contributed by atoms with van der Waals surface area (Å²) in [5.74, 6) is -0.979. The van der Waals surface area contributed by atoms with E-state index in [9.17, 15) is 14.0 Å².